The van der Waals surface area contributed by atoms with E-state index >= 15 is 0 Å². The molecule has 0 aliphatic heterocycles. The summed E-state index contributed by atoms with van der Waals surface area (Å²) in [6.45, 7) is 7.93. The molecule has 3 saturated carbocycles. The first kappa shape index (κ1) is 14.8. The Hall–Kier alpha value is -0.0800. The van der Waals surface area contributed by atoms with Crippen LogP contribution in [0.15, 0.2) is 0 Å². The van der Waals surface area contributed by atoms with E-state index in [0.717, 1.165) is 30.5 Å². The van der Waals surface area contributed by atoms with Crippen LogP contribution in [-0.2, 0) is 4.74 Å². The van der Waals surface area contributed by atoms with Crippen LogP contribution in [0.3, 0.4) is 0 Å². The summed E-state index contributed by atoms with van der Waals surface area (Å²) >= 11 is 0. The highest BCUT2D eigenvalue weighted by atomic mass is 16.5. The van der Waals surface area contributed by atoms with Crippen LogP contribution >= 0.6 is 0 Å². The van der Waals surface area contributed by atoms with Gasteiger partial charge in [0.15, 0.2) is 0 Å². The lowest BCUT2D eigenvalue weighted by Crippen LogP contribution is -2.65. The van der Waals surface area contributed by atoms with Crippen molar-refractivity contribution in [2.45, 2.75) is 90.3 Å². The maximum atomic E-state index is 6.04. The maximum absolute atomic E-state index is 6.04. The third kappa shape index (κ3) is 2.43. The van der Waals surface area contributed by atoms with Gasteiger partial charge in [0.25, 0.3) is 0 Å². The molecule has 3 fully saturated rings. The molecular formula is C18H33NO. The van der Waals surface area contributed by atoms with E-state index in [1.54, 1.807) is 0 Å². The van der Waals surface area contributed by atoms with Crippen LogP contribution in [0.1, 0.15) is 72.1 Å². The van der Waals surface area contributed by atoms with E-state index in [2.05, 4.69) is 26.1 Å². The summed E-state index contributed by atoms with van der Waals surface area (Å²) in [5.41, 5.74) is 0.496. The molecule has 0 bridgehead atoms. The van der Waals surface area contributed by atoms with E-state index in [1.165, 1.54) is 51.4 Å². The second kappa shape index (κ2) is 5.96. The number of rotatable bonds is 4. The second-order valence-corrected chi connectivity index (χ2v) is 7.71. The SMILES string of the molecule is CCOC1CC(NC2CCCC(C)C2C)C12CCCC2. The Kier molecular flexibility index (Phi) is 4.42. The molecule has 0 amide bonds. The van der Waals surface area contributed by atoms with Gasteiger partial charge in [0, 0.05) is 24.1 Å². The summed E-state index contributed by atoms with van der Waals surface area (Å²) in [4.78, 5) is 0. The molecule has 3 rings (SSSR count). The summed E-state index contributed by atoms with van der Waals surface area (Å²) < 4.78 is 6.04. The van der Waals surface area contributed by atoms with Crippen LogP contribution in [0, 0.1) is 17.3 Å². The normalized spacial score (nSPS) is 43.6. The highest BCUT2D eigenvalue weighted by Gasteiger charge is 2.57. The smallest absolute Gasteiger partial charge is 0.0661 e. The van der Waals surface area contributed by atoms with E-state index in [4.69, 9.17) is 4.74 Å². The van der Waals surface area contributed by atoms with E-state index in [-0.39, 0.29) is 0 Å². The predicted molar refractivity (Wildman–Crippen MR) is 83.8 cm³/mol. The monoisotopic (exact) mass is 279 g/mol. The van der Waals surface area contributed by atoms with E-state index in [1.807, 2.05) is 0 Å². The lowest BCUT2D eigenvalue weighted by Gasteiger charge is -2.56. The van der Waals surface area contributed by atoms with Crippen molar-refractivity contribution in [2.75, 3.05) is 6.61 Å². The van der Waals surface area contributed by atoms with Crippen molar-refractivity contribution in [1.82, 2.24) is 5.32 Å². The Morgan fingerprint density at radius 3 is 2.55 bits per heavy atom. The fourth-order valence-corrected chi connectivity index (χ4v) is 5.20. The quantitative estimate of drug-likeness (QED) is 0.835. The molecule has 20 heavy (non-hydrogen) atoms. The van der Waals surface area contributed by atoms with Gasteiger partial charge in [0.2, 0.25) is 0 Å². The standard InChI is InChI=1S/C18H33NO/c1-4-20-17-12-16(18(17)10-5-6-11-18)19-15-9-7-8-13(2)14(15)3/h13-17,19H,4-12H2,1-3H3. The zero-order valence-corrected chi connectivity index (χ0v) is 13.7. The molecule has 0 heterocycles. The van der Waals surface area contributed by atoms with Crippen LogP contribution in [-0.4, -0.2) is 24.8 Å². The lowest BCUT2D eigenvalue weighted by molar-refractivity contribution is -0.135. The Morgan fingerprint density at radius 1 is 1.10 bits per heavy atom. The molecule has 2 heteroatoms. The lowest BCUT2D eigenvalue weighted by atomic mass is 9.60. The molecule has 0 aromatic heterocycles. The van der Waals surface area contributed by atoms with Crippen LogP contribution in [0.2, 0.25) is 0 Å². The molecule has 0 aromatic carbocycles. The number of nitrogens with one attached hydrogen (secondary N) is 1. The summed E-state index contributed by atoms with van der Waals surface area (Å²) in [5.74, 6) is 1.73. The van der Waals surface area contributed by atoms with E-state index < -0.39 is 0 Å². The van der Waals surface area contributed by atoms with Crippen molar-refractivity contribution in [1.29, 1.82) is 0 Å². The third-order valence-electron chi connectivity index (χ3n) is 6.81. The molecule has 3 aliphatic rings. The van der Waals surface area contributed by atoms with Crippen molar-refractivity contribution in [3.63, 3.8) is 0 Å². The minimum atomic E-state index is 0.496. The molecule has 0 aromatic rings. The fourth-order valence-electron chi connectivity index (χ4n) is 5.20. The Balaban J connectivity index is 1.63. The number of hydrogen-bond donors (Lipinski definition) is 1. The number of hydrogen-bond acceptors (Lipinski definition) is 2. The fraction of sp³-hybridized carbons (Fsp3) is 1.00. The van der Waals surface area contributed by atoms with Gasteiger partial charge in [0.05, 0.1) is 6.10 Å². The van der Waals surface area contributed by atoms with Gasteiger partial charge in [-0.25, -0.2) is 0 Å². The van der Waals surface area contributed by atoms with Crippen LogP contribution in [0.25, 0.3) is 0 Å². The van der Waals surface area contributed by atoms with Gasteiger partial charge in [0.1, 0.15) is 0 Å². The van der Waals surface area contributed by atoms with Gasteiger partial charge in [-0.3, -0.25) is 0 Å². The topological polar surface area (TPSA) is 21.3 Å². The summed E-state index contributed by atoms with van der Waals surface area (Å²) in [6.07, 6.45) is 11.6. The van der Waals surface area contributed by atoms with Crippen molar-refractivity contribution in [2.24, 2.45) is 17.3 Å². The molecule has 5 unspecified atom stereocenters. The molecule has 0 saturated heterocycles. The largest absolute Gasteiger partial charge is 0.378 e. The number of ether oxygens (including phenoxy) is 1. The molecule has 5 atom stereocenters. The van der Waals surface area contributed by atoms with Gasteiger partial charge < -0.3 is 10.1 Å². The van der Waals surface area contributed by atoms with Gasteiger partial charge in [-0.15, -0.1) is 0 Å². The molecule has 1 N–H and O–H groups in total. The highest BCUT2D eigenvalue weighted by molar-refractivity contribution is 5.11. The third-order valence-corrected chi connectivity index (χ3v) is 6.81. The molecular weight excluding hydrogens is 246 g/mol. The molecule has 3 aliphatic carbocycles. The molecule has 0 radical (unpaired) electrons. The Bertz CT molecular complexity index is 323. The minimum absolute atomic E-state index is 0.496. The molecule has 116 valence electrons. The molecule has 2 nitrogen and oxygen atoms in total. The highest BCUT2D eigenvalue weighted by Crippen LogP contribution is 2.55. The first-order valence-corrected chi connectivity index (χ1v) is 9.05. The Labute approximate surface area is 125 Å². The van der Waals surface area contributed by atoms with Crippen molar-refractivity contribution < 1.29 is 4.74 Å². The van der Waals surface area contributed by atoms with Crippen LogP contribution in [0.5, 0.6) is 0 Å². The zero-order chi connectivity index (χ0) is 14.2. The summed E-state index contributed by atoms with van der Waals surface area (Å²) in [6, 6.07) is 1.49. The average molecular weight is 279 g/mol. The average Bonchev–Trinajstić information content (AvgIpc) is 2.95. The Morgan fingerprint density at radius 2 is 1.85 bits per heavy atom. The summed E-state index contributed by atoms with van der Waals surface area (Å²) in [5, 5.41) is 4.08. The molecule has 1 spiro atoms. The maximum Gasteiger partial charge on any atom is 0.0661 e. The van der Waals surface area contributed by atoms with Gasteiger partial charge in [-0.1, -0.05) is 39.5 Å². The zero-order valence-electron chi connectivity index (χ0n) is 13.7. The van der Waals surface area contributed by atoms with E-state index in [0.29, 0.717) is 11.5 Å². The van der Waals surface area contributed by atoms with Crippen molar-refractivity contribution >= 4 is 0 Å². The second-order valence-electron chi connectivity index (χ2n) is 7.71. The minimum Gasteiger partial charge on any atom is -0.378 e. The summed E-state index contributed by atoms with van der Waals surface area (Å²) in [7, 11) is 0. The van der Waals surface area contributed by atoms with E-state index in [9.17, 15) is 0 Å². The first-order chi connectivity index (χ1) is 9.67. The first-order valence-electron chi connectivity index (χ1n) is 9.05. The predicted octanol–water partition coefficient (Wildman–Crippen LogP) is 4.14. The van der Waals surface area contributed by atoms with Crippen molar-refractivity contribution in [3.05, 3.63) is 0 Å². The van der Waals surface area contributed by atoms with Gasteiger partial charge >= 0.3 is 0 Å². The van der Waals surface area contributed by atoms with Gasteiger partial charge in [-0.05, 0) is 44.4 Å². The van der Waals surface area contributed by atoms with Crippen molar-refractivity contribution in [3.8, 4) is 0 Å². The van der Waals surface area contributed by atoms with Gasteiger partial charge in [-0.2, -0.15) is 0 Å². The van der Waals surface area contributed by atoms with Crippen LogP contribution < -0.4 is 5.32 Å². The van der Waals surface area contributed by atoms with Crippen LogP contribution in [0.4, 0.5) is 0 Å².